The standard InChI is InChI=1S/C18H23N3O3S/c1-25(22,23)15-7-5-11(6-8-15)17-20-18(24-21-17)14-9-12-3-2-4-13(10-14)16(12)19/h5-8,12-14,16H,2-4,9-10,19H2,1H3. The van der Waals surface area contributed by atoms with Gasteiger partial charge in [0.05, 0.1) is 4.90 Å². The van der Waals surface area contributed by atoms with Gasteiger partial charge in [-0.1, -0.05) is 11.6 Å². The lowest BCUT2D eigenvalue weighted by Crippen LogP contribution is -2.45. The van der Waals surface area contributed by atoms with E-state index in [9.17, 15) is 8.42 Å². The summed E-state index contributed by atoms with van der Waals surface area (Å²) in [6.07, 6.45) is 6.90. The Kier molecular flexibility index (Phi) is 4.16. The van der Waals surface area contributed by atoms with Gasteiger partial charge in [0.1, 0.15) is 0 Å². The lowest BCUT2D eigenvalue weighted by molar-refractivity contribution is 0.122. The molecule has 2 aliphatic carbocycles. The molecule has 6 nitrogen and oxygen atoms in total. The summed E-state index contributed by atoms with van der Waals surface area (Å²) in [4.78, 5) is 4.87. The number of nitrogens with two attached hydrogens (primary N) is 1. The third-order valence-electron chi connectivity index (χ3n) is 5.74. The summed E-state index contributed by atoms with van der Waals surface area (Å²) < 4.78 is 28.6. The van der Waals surface area contributed by atoms with Crippen molar-refractivity contribution in [3.8, 4) is 11.4 Å². The minimum Gasteiger partial charge on any atom is -0.339 e. The van der Waals surface area contributed by atoms with Crippen molar-refractivity contribution >= 4 is 9.84 Å². The first-order valence-electron chi connectivity index (χ1n) is 8.81. The molecule has 1 heterocycles. The second-order valence-electron chi connectivity index (χ2n) is 7.45. The summed E-state index contributed by atoms with van der Waals surface area (Å²) in [5.41, 5.74) is 7.11. The maximum atomic E-state index is 11.6. The van der Waals surface area contributed by atoms with Gasteiger partial charge in [-0.05, 0) is 61.8 Å². The van der Waals surface area contributed by atoms with E-state index in [4.69, 9.17) is 10.3 Å². The first-order valence-corrected chi connectivity index (χ1v) is 10.7. The normalized spacial score (nSPS) is 29.5. The van der Waals surface area contributed by atoms with Gasteiger partial charge in [0.15, 0.2) is 9.84 Å². The smallest absolute Gasteiger partial charge is 0.230 e. The fourth-order valence-electron chi connectivity index (χ4n) is 4.36. The Morgan fingerprint density at radius 2 is 1.76 bits per heavy atom. The Morgan fingerprint density at radius 1 is 1.12 bits per heavy atom. The topological polar surface area (TPSA) is 99.1 Å². The SMILES string of the molecule is CS(=O)(=O)c1ccc(-c2noc(C3CC4CCCC(C3)C4N)n2)cc1. The fourth-order valence-corrected chi connectivity index (χ4v) is 4.99. The number of fused-ring (bicyclic) bond motifs is 2. The fraction of sp³-hybridized carbons (Fsp3) is 0.556. The van der Waals surface area contributed by atoms with Crippen LogP contribution in [0.15, 0.2) is 33.7 Å². The number of benzene rings is 1. The quantitative estimate of drug-likeness (QED) is 0.902. The largest absolute Gasteiger partial charge is 0.339 e. The minimum atomic E-state index is -3.20. The van der Waals surface area contributed by atoms with Crippen LogP contribution in [0.3, 0.4) is 0 Å². The van der Waals surface area contributed by atoms with Crippen LogP contribution >= 0.6 is 0 Å². The summed E-state index contributed by atoms with van der Waals surface area (Å²) in [6.45, 7) is 0. The molecule has 2 aliphatic rings. The molecule has 0 amide bonds. The van der Waals surface area contributed by atoms with Crippen LogP contribution in [0.25, 0.3) is 11.4 Å². The number of hydrogen-bond acceptors (Lipinski definition) is 6. The van der Waals surface area contributed by atoms with Crippen molar-refractivity contribution in [2.24, 2.45) is 17.6 Å². The highest BCUT2D eigenvalue weighted by molar-refractivity contribution is 7.90. The predicted molar refractivity (Wildman–Crippen MR) is 93.6 cm³/mol. The Balaban J connectivity index is 1.54. The molecule has 134 valence electrons. The first-order chi connectivity index (χ1) is 11.9. The molecule has 2 unspecified atom stereocenters. The Hall–Kier alpha value is -1.73. The number of aromatic nitrogens is 2. The van der Waals surface area contributed by atoms with E-state index < -0.39 is 9.84 Å². The van der Waals surface area contributed by atoms with Gasteiger partial charge in [-0.2, -0.15) is 4.98 Å². The maximum absolute atomic E-state index is 11.6. The average molecular weight is 361 g/mol. The summed E-state index contributed by atoms with van der Waals surface area (Å²) in [6, 6.07) is 6.90. The molecule has 7 heteroatoms. The molecule has 1 aromatic carbocycles. The van der Waals surface area contributed by atoms with Crippen LogP contribution in [0.1, 0.15) is 43.9 Å². The van der Waals surface area contributed by atoms with E-state index in [1.807, 2.05) is 0 Å². The van der Waals surface area contributed by atoms with Crippen LogP contribution in [0.4, 0.5) is 0 Å². The molecule has 2 bridgehead atoms. The summed E-state index contributed by atoms with van der Waals surface area (Å²) >= 11 is 0. The van der Waals surface area contributed by atoms with Crippen molar-refractivity contribution in [3.05, 3.63) is 30.2 Å². The van der Waals surface area contributed by atoms with E-state index >= 15 is 0 Å². The van der Waals surface area contributed by atoms with E-state index in [-0.39, 0.29) is 10.8 Å². The molecule has 2 fully saturated rings. The number of nitrogens with zero attached hydrogens (tertiary/aromatic N) is 2. The molecule has 4 rings (SSSR count). The summed E-state index contributed by atoms with van der Waals surface area (Å²) in [7, 11) is -3.20. The van der Waals surface area contributed by atoms with E-state index in [1.165, 1.54) is 25.5 Å². The second kappa shape index (κ2) is 6.21. The van der Waals surface area contributed by atoms with Crippen LogP contribution in [-0.2, 0) is 9.84 Å². The molecule has 0 radical (unpaired) electrons. The van der Waals surface area contributed by atoms with E-state index in [0.29, 0.717) is 29.6 Å². The van der Waals surface area contributed by atoms with Crippen LogP contribution in [-0.4, -0.2) is 30.9 Å². The van der Waals surface area contributed by atoms with E-state index in [2.05, 4.69) is 10.1 Å². The average Bonchev–Trinajstić information content (AvgIpc) is 3.04. The molecule has 0 saturated heterocycles. The van der Waals surface area contributed by atoms with Gasteiger partial charge >= 0.3 is 0 Å². The van der Waals surface area contributed by atoms with Crippen molar-refractivity contribution < 1.29 is 12.9 Å². The Morgan fingerprint density at radius 3 is 2.36 bits per heavy atom. The molecular formula is C18H23N3O3S. The molecule has 1 aromatic heterocycles. The van der Waals surface area contributed by atoms with Crippen molar-refractivity contribution in [1.29, 1.82) is 0 Å². The first kappa shape index (κ1) is 16.7. The van der Waals surface area contributed by atoms with Crippen molar-refractivity contribution in [2.75, 3.05) is 6.26 Å². The van der Waals surface area contributed by atoms with Gasteiger partial charge in [0, 0.05) is 23.8 Å². The molecule has 2 saturated carbocycles. The third kappa shape index (κ3) is 3.22. The van der Waals surface area contributed by atoms with Gasteiger partial charge in [-0.15, -0.1) is 0 Å². The van der Waals surface area contributed by atoms with Crippen LogP contribution < -0.4 is 5.73 Å². The van der Waals surface area contributed by atoms with Crippen molar-refractivity contribution in [1.82, 2.24) is 10.1 Å². The monoisotopic (exact) mass is 361 g/mol. The van der Waals surface area contributed by atoms with Crippen LogP contribution in [0, 0.1) is 11.8 Å². The van der Waals surface area contributed by atoms with Crippen LogP contribution in [0.5, 0.6) is 0 Å². The lowest BCUT2D eigenvalue weighted by atomic mass is 9.65. The third-order valence-corrected chi connectivity index (χ3v) is 6.87. The highest BCUT2D eigenvalue weighted by atomic mass is 32.2. The zero-order valence-electron chi connectivity index (χ0n) is 14.3. The van der Waals surface area contributed by atoms with Crippen molar-refractivity contribution in [2.45, 2.75) is 49.0 Å². The summed E-state index contributed by atoms with van der Waals surface area (Å²) in [5, 5.41) is 4.10. The summed E-state index contributed by atoms with van der Waals surface area (Å²) in [5.74, 6) is 2.59. The lowest BCUT2D eigenvalue weighted by Gasteiger charge is -2.43. The molecule has 2 atom stereocenters. The second-order valence-corrected chi connectivity index (χ2v) is 9.47. The van der Waals surface area contributed by atoms with Crippen molar-refractivity contribution in [3.63, 3.8) is 0 Å². The Labute approximate surface area is 147 Å². The van der Waals surface area contributed by atoms with Gasteiger partial charge in [0.25, 0.3) is 0 Å². The number of hydrogen-bond donors (Lipinski definition) is 1. The minimum absolute atomic E-state index is 0.284. The predicted octanol–water partition coefficient (Wildman–Crippen LogP) is 2.76. The molecule has 0 spiro atoms. The van der Waals surface area contributed by atoms with E-state index in [0.717, 1.165) is 18.4 Å². The molecular weight excluding hydrogens is 338 g/mol. The molecule has 0 aliphatic heterocycles. The molecule has 2 aromatic rings. The van der Waals surface area contributed by atoms with Gasteiger partial charge in [0.2, 0.25) is 11.7 Å². The van der Waals surface area contributed by atoms with Crippen LogP contribution in [0.2, 0.25) is 0 Å². The highest BCUT2D eigenvalue weighted by Crippen LogP contribution is 2.45. The van der Waals surface area contributed by atoms with Gasteiger partial charge in [-0.3, -0.25) is 0 Å². The van der Waals surface area contributed by atoms with Gasteiger partial charge < -0.3 is 10.3 Å². The number of rotatable bonds is 3. The highest BCUT2D eigenvalue weighted by Gasteiger charge is 2.40. The van der Waals surface area contributed by atoms with Gasteiger partial charge in [-0.25, -0.2) is 8.42 Å². The molecule has 25 heavy (non-hydrogen) atoms. The maximum Gasteiger partial charge on any atom is 0.230 e. The zero-order valence-corrected chi connectivity index (χ0v) is 15.1. The zero-order chi connectivity index (χ0) is 17.6. The Bertz CT molecular complexity index is 846. The van der Waals surface area contributed by atoms with E-state index in [1.54, 1.807) is 24.3 Å². The molecule has 2 N–H and O–H groups in total. The number of sulfone groups is 1.